The Labute approximate surface area is 305 Å². The fourth-order valence-corrected chi connectivity index (χ4v) is 5.13. The first-order valence-corrected chi connectivity index (χ1v) is 16.2. The monoisotopic (exact) mass is 744 g/mol. The number of aromatic amines is 2. The quantitative estimate of drug-likeness (QED) is 0.109. The number of nitrogens with one attached hydrogen (secondary N) is 2. The second kappa shape index (κ2) is 18.3. The van der Waals surface area contributed by atoms with Crippen LogP contribution in [0.5, 0.6) is 0 Å². The molecular formula is C36H38ClMnN4O8-. The summed E-state index contributed by atoms with van der Waals surface area (Å²) in [5.41, 5.74) is 2.65. The molecule has 5 rings (SSSR count). The smallest absolute Gasteiger partial charge is 0.342 e. The molecule has 0 saturated heterocycles. The molecule has 0 saturated carbocycles. The predicted octanol–water partition coefficient (Wildman–Crippen LogP) is 3.92. The maximum absolute atomic E-state index is 13.5. The van der Waals surface area contributed by atoms with Gasteiger partial charge in [-0.2, -0.15) is 0 Å². The van der Waals surface area contributed by atoms with Crippen molar-refractivity contribution in [3.8, 4) is 0 Å². The van der Waals surface area contributed by atoms with Gasteiger partial charge in [0.05, 0.1) is 71.3 Å². The van der Waals surface area contributed by atoms with Crippen molar-refractivity contribution in [2.24, 2.45) is 0 Å². The Bertz CT molecular complexity index is 1860. The van der Waals surface area contributed by atoms with E-state index >= 15 is 0 Å². The maximum atomic E-state index is 13.5. The second-order valence-electron chi connectivity index (χ2n) is 11.0. The minimum absolute atomic E-state index is 0. The third-order valence-corrected chi connectivity index (χ3v) is 7.32. The molecule has 12 nitrogen and oxygen atoms in total. The molecule has 2 aliphatic rings. The molecule has 1 radical (unpaired) electrons. The number of ether oxygens (including phenoxy) is 4. The van der Waals surface area contributed by atoms with Crippen LogP contribution in [0.2, 0.25) is 0 Å². The van der Waals surface area contributed by atoms with E-state index in [1.165, 1.54) is 0 Å². The summed E-state index contributed by atoms with van der Waals surface area (Å²) in [6.07, 6.45) is 8.79. The summed E-state index contributed by atoms with van der Waals surface area (Å²) in [6, 6.07) is 6.59. The molecule has 0 aliphatic carbocycles. The van der Waals surface area contributed by atoms with Gasteiger partial charge < -0.3 is 41.3 Å². The molecule has 0 unspecified atom stereocenters. The van der Waals surface area contributed by atoms with Gasteiger partial charge in [-0.25, -0.2) is 29.1 Å². The van der Waals surface area contributed by atoms with Crippen LogP contribution in [0.3, 0.4) is 0 Å². The van der Waals surface area contributed by atoms with Crippen LogP contribution >= 0.6 is 0 Å². The van der Waals surface area contributed by atoms with E-state index in [0.717, 1.165) is 0 Å². The third-order valence-electron chi connectivity index (χ3n) is 7.32. The molecule has 2 N–H and O–H groups in total. The number of H-pyrrole nitrogens is 2. The first-order valence-electron chi connectivity index (χ1n) is 16.2. The number of esters is 4. The molecule has 2 aliphatic heterocycles. The Hall–Kier alpha value is -4.71. The molecule has 8 bridgehead atoms. The van der Waals surface area contributed by atoms with Gasteiger partial charge in [0.2, 0.25) is 0 Å². The van der Waals surface area contributed by atoms with Crippen LogP contribution in [-0.2, 0) is 36.0 Å². The number of nitrogens with zero attached hydrogens (tertiary/aromatic N) is 2. The summed E-state index contributed by atoms with van der Waals surface area (Å²) in [6.45, 7) is 8.23. The van der Waals surface area contributed by atoms with Crippen molar-refractivity contribution in [1.82, 2.24) is 19.9 Å². The van der Waals surface area contributed by atoms with Crippen LogP contribution < -0.4 is 12.4 Å². The molecule has 14 heteroatoms. The van der Waals surface area contributed by atoms with E-state index in [4.69, 9.17) is 28.9 Å². The number of fused-ring (bicyclic) bond motifs is 8. The topological polar surface area (TPSA) is 163 Å². The number of aromatic nitrogens is 4. The van der Waals surface area contributed by atoms with Crippen LogP contribution in [0, 0.1) is 0 Å². The Morgan fingerprint density at radius 3 is 1.06 bits per heavy atom. The van der Waals surface area contributed by atoms with E-state index in [1.54, 1.807) is 48.6 Å². The second-order valence-corrected chi connectivity index (χ2v) is 11.0. The zero-order valence-electron chi connectivity index (χ0n) is 28.2. The first-order chi connectivity index (χ1) is 23.3. The predicted molar refractivity (Wildman–Crippen MR) is 181 cm³/mol. The molecule has 0 amide bonds. The molecule has 5 heterocycles. The van der Waals surface area contributed by atoms with E-state index in [-0.39, 0.29) is 101 Å². The summed E-state index contributed by atoms with van der Waals surface area (Å²) < 4.78 is 22.1. The van der Waals surface area contributed by atoms with E-state index in [2.05, 4.69) is 9.97 Å². The molecule has 3 aromatic rings. The van der Waals surface area contributed by atoms with Crippen molar-refractivity contribution < 1.29 is 67.6 Å². The van der Waals surface area contributed by atoms with Gasteiger partial charge in [-0.1, -0.05) is 27.7 Å². The van der Waals surface area contributed by atoms with Crippen molar-refractivity contribution in [1.29, 1.82) is 0 Å². The Kier molecular flexibility index (Phi) is 14.6. The van der Waals surface area contributed by atoms with Gasteiger partial charge in [0, 0.05) is 17.1 Å². The van der Waals surface area contributed by atoms with Gasteiger partial charge in [-0.05, 0) is 74.3 Å². The van der Waals surface area contributed by atoms with Gasteiger partial charge in [0.1, 0.15) is 22.3 Å². The van der Waals surface area contributed by atoms with E-state index in [0.29, 0.717) is 47.8 Å². The Morgan fingerprint density at radius 2 is 0.740 bits per heavy atom. The van der Waals surface area contributed by atoms with Gasteiger partial charge in [0.15, 0.2) is 0 Å². The van der Waals surface area contributed by atoms with E-state index in [1.807, 2.05) is 27.7 Å². The number of hydrogen-bond acceptors (Lipinski definition) is 10. The summed E-state index contributed by atoms with van der Waals surface area (Å²) in [5, 5.41) is 0. The van der Waals surface area contributed by atoms with Crippen LogP contribution in [-0.4, -0.2) is 70.2 Å². The van der Waals surface area contributed by atoms with Crippen LogP contribution in [0.25, 0.3) is 46.4 Å². The van der Waals surface area contributed by atoms with Gasteiger partial charge in [0.25, 0.3) is 0 Å². The molecule has 0 fully saturated rings. The van der Waals surface area contributed by atoms with Gasteiger partial charge >= 0.3 is 23.9 Å². The molecule has 0 atom stereocenters. The number of halogens is 1. The van der Waals surface area contributed by atoms with Crippen molar-refractivity contribution in [2.45, 2.75) is 53.4 Å². The normalized spacial score (nSPS) is 11.3. The molecule has 265 valence electrons. The number of rotatable bonds is 12. The van der Waals surface area contributed by atoms with Crippen LogP contribution in [0.15, 0.2) is 24.3 Å². The van der Waals surface area contributed by atoms with Crippen molar-refractivity contribution in [3.63, 3.8) is 0 Å². The minimum atomic E-state index is -0.661. The average molecular weight is 745 g/mol. The Morgan fingerprint density at radius 1 is 0.480 bits per heavy atom. The summed E-state index contributed by atoms with van der Waals surface area (Å²) in [5.74, 6) is -2.55. The van der Waals surface area contributed by atoms with Crippen molar-refractivity contribution in [3.05, 3.63) is 69.3 Å². The zero-order valence-corrected chi connectivity index (χ0v) is 30.1. The molecule has 0 aromatic carbocycles. The van der Waals surface area contributed by atoms with E-state index in [9.17, 15) is 19.2 Å². The number of carbonyl (C=O) groups excluding carboxylic acids is 4. The number of carbonyl (C=O) groups is 4. The van der Waals surface area contributed by atoms with E-state index < -0.39 is 23.9 Å². The average Bonchev–Trinajstić information content (AvgIpc) is 3.91. The van der Waals surface area contributed by atoms with Gasteiger partial charge in [-0.3, -0.25) is 0 Å². The fourth-order valence-electron chi connectivity index (χ4n) is 5.13. The SMILES string of the molecule is CCCOC(=O)c1c2nc(c(C(=O)OCCC)c3ccc([nH]3)c(C(=O)OCCC)c3ccc([nH]3)c(C(=O)OCCC)c3nc1C=C3)C=C2.[Cl-].[Mn]. The molecular weight excluding hydrogens is 707 g/mol. The zero-order chi connectivity index (χ0) is 34.2. The fraction of sp³-hybridized carbons (Fsp3) is 0.333. The summed E-state index contributed by atoms with van der Waals surface area (Å²) >= 11 is 0. The Balaban J connectivity index is 0.00000338. The molecule has 50 heavy (non-hydrogen) atoms. The van der Waals surface area contributed by atoms with Crippen LogP contribution in [0.1, 0.15) is 118 Å². The van der Waals surface area contributed by atoms with Crippen molar-refractivity contribution in [2.75, 3.05) is 26.4 Å². The minimum Gasteiger partial charge on any atom is -1.00 e. The third kappa shape index (κ3) is 8.53. The standard InChI is InChI=1S/C36H38N4O8.ClH.Mn/c1-5-17-45-33(41)29-21-9-11-23(37-21)30(34(42)46-18-6-2)25-13-15-27(39-25)32(36(44)48-20-8-4)28-16-14-26(40-28)31(35(43)47-19-7-3)24-12-10-22(29)38-24;;/h9-16,37-38H,5-8,17-20H2,1-4H3;1H;/p-1. The molecule has 0 spiro atoms. The van der Waals surface area contributed by atoms with Gasteiger partial charge in [-0.15, -0.1) is 0 Å². The molecule has 3 aromatic heterocycles. The summed E-state index contributed by atoms with van der Waals surface area (Å²) in [4.78, 5) is 69.8. The first kappa shape index (κ1) is 39.7. The summed E-state index contributed by atoms with van der Waals surface area (Å²) in [7, 11) is 0. The largest absolute Gasteiger partial charge is 1.00 e. The maximum Gasteiger partial charge on any atom is 0.342 e. The van der Waals surface area contributed by atoms with Crippen molar-refractivity contribution >= 4 is 70.2 Å². The van der Waals surface area contributed by atoms with Crippen LogP contribution in [0.4, 0.5) is 0 Å². The number of hydrogen-bond donors (Lipinski definition) is 2.